The van der Waals surface area contributed by atoms with Crippen LogP contribution in [-0.2, 0) is 4.79 Å². The van der Waals surface area contributed by atoms with Gasteiger partial charge < -0.3 is 14.9 Å². The fourth-order valence-corrected chi connectivity index (χ4v) is 3.06. The highest BCUT2D eigenvalue weighted by Crippen LogP contribution is 2.32. The topological polar surface area (TPSA) is 60.9 Å². The second-order valence-electron chi connectivity index (χ2n) is 6.21. The molecule has 1 N–H and O–H groups in total. The Hall–Kier alpha value is -1.88. The smallest absolute Gasteiger partial charge is 0.253 e. The molecule has 2 amide bonds. The number of aliphatic hydroxyl groups excluding tert-OH is 1. The molecule has 1 aliphatic heterocycles. The van der Waals surface area contributed by atoms with Crippen molar-refractivity contribution < 1.29 is 14.7 Å². The van der Waals surface area contributed by atoms with Crippen LogP contribution in [0.4, 0.5) is 0 Å². The molecule has 0 aliphatic carbocycles. The van der Waals surface area contributed by atoms with Crippen molar-refractivity contribution in [1.29, 1.82) is 0 Å². The molecular formula is C17H24N2O3. The second kappa shape index (κ2) is 6.92. The van der Waals surface area contributed by atoms with E-state index in [1.54, 1.807) is 29.0 Å². The lowest BCUT2D eigenvalue weighted by molar-refractivity contribution is -0.142. The van der Waals surface area contributed by atoms with Crippen LogP contribution in [0.5, 0.6) is 0 Å². The maximum absolute atomic E-state index is 12.6. The van der Waals surface area contributed by atoms with E-state index in [1.165, 1.54) is 0 Å². The van der Waals surface area contributed by atoms with E-state index in [2.05, 4.69) is 0 Å². The van der Waals surface area contributed by atoms with Gasteiger partial charge in [-0.1, -0.05) is 18.2 Å². The van der Waals surface area contributed by atoms with Crippen molar-refractivity contribution in [3.05, 3.63) is 35.9 Å². The Bertz CT molecular complexity index is 532. The molecular weight excluding hydrogens is 280 g/mol. The van der Waals surface area contributed by atoms with Gasteiger partial charge in [-0.25, -0.2) is 0 Å². The van der Waals surface area contributed by atoms with Crippen LogP contribution in [0.1, 0.15) is 30.1 Å². The Kier molecular flexibility index (Phi) is 5.19. The molecule has 1 aromatic carbocycles. The van der Waals surface area contributed by atoms with Crippen LogP contribution in [-0.4, -0.2) is 60.0 Å². The molecule has 1 aliphatic rings. The van der Waals surface area contributed by atoms with E-state index < -0.39 is 5.41 Å². The first-order chi connectivity index (χ1) is 10.5. The van der Waals surface area contributed by atoms with Gasteiger partial charge in [-0.05, 0) is 31.9 Å². The molecule has 22 heavy (non-hydrogen) atoms. The number of amides is 2. The summed E-state index contributed by atoms with van der Waals surface area (Å²) in [6, 6.07) is 9.17. The molecule has 1 heterocycles. The van der Waals surface area contributed by atoms with Gasteiger partial charge in [-0.2, -0.15) is 0 Å². The zero-order chi connectivity index (χ0) is 16.2. The van der Waals surface area contributed by atoms with Crippen LogP contribution >= 0.6 is 0 Å². The molecule has 5 heteroatoms. The molecule has 0 radical (unpaired) electrons. The lowest BCUT2D eigenvalue weighted by atomic mass is 9.80. The molecule has 2 rings (SSSR count). The Morgan fingerprint density at radius 1 is 1.32 bits per heavy atom. The molecule has 120 valence electrons. The molecule has 1 saturated heterocycles. The molecule has 1 fully saturated rings. The van der Waals surface area contributed by atoms with Crippen molar-refractivity contribution in [1.82, 2.24) is 9.80 Å². The summed E-state index contributed by atoms with van der Waals surface area (Å²) in [4.78, 5) is 28.5. The summed E-state index contributed by atoms with van der Waals surface area (Å²) in [6.45, 7) is 3.29. The van der Waals surface area contributed by atoms with Gasteiger partial charge in [0.05, 0.1) is 12.0 Å². The molecule has 0 bridgehead atoms. The normalized spacial score (nSPS) is 21.5. The number of rotatable bonds is 4. The lowest BCUT2D eigenvalue weighted by Crippen LogP contribution is -2.52. The van der Waals surface area contributed by atoms with Gasteiger partial charge in [0.1, 0.15) is 0 Å². The first-order valence-corrected chi connectivity index (χ1v) is 7.69. The average molecular weight is 304 g/mol. The average Bonchev–Trinajstić information content (AvgIpc) is 2.54. The van der Waals surface area contributed by atoms with Crippen LogP contribution in [0.25, 0.3) is 0 Å². The van der Waals surface area contributed by atoms with Crippen LogP contribution in [0.3, 0.4) is 0 Å². The van der Waals surface area contributed by atoms with Crippen LogP contribution in [0.2, 0.25) is 0 Å². The maximum Gasteiger partial charge on any atom is 0.253 e. The number of benzene rings is 1. The van der Waals surface area contributed by atoms with E-state index in [0.717, 1.165) is 12.8 Å². The van der Waals surface area contributed by atoms with E-state index in [-0.39, 0.29) is 18.4 Å². The van der Waals surface area contributed by atoms with Crippen molar-refractivity contribution in [2.24, 2.45) is 5.41 Å². The minimum atomic E-state index is -0.577. The zero-order valence-corrected chi connectivity index (χ0v) is 13.3. The Balaban J connectivity index is 2.11. The van der Waals surface area contributed by atoms with Gasteiger partial charge in [-0.15, -0.1) is 0 Å². The Morgan fingerprint density at radius 3 is 2.64 bits per heavy atom. The van der Waals surface area contributed by atoms with E-state index in [0.29, 0.717) is 25.2 Å². The largest absolute Gasteiger partial charge is 0.395 e. The van der Waals surface area contributed by atoms with Crippen molar-refractivity contribution >= 4 is 11.8 Å². The minimum absolute atomic E-state index is 0.00730. The van der Waals surface area contributed by atoms with E-state index in [1.807, 2.05) is 25.1 Å². The number of piperidine rings is 1. The predicted octanol–water partition coefficient (Wildman–Crippen LogP) is 1.38. The van der Waals surface area contributed by atoms with Crippen LogP contribution in [0, 0.1) is 5.41 Å². The molecule has 0 saturated carbocycles. The Labute approximate surface area is 131 Å². The Morgan fingerprint density at radius 2 is 2.00 bits per heavy atom. The summed E-state index contributed by atoms with van der Waals surface area (Å²) in [5.41, 5.74) is 0.0787. The number of aliphatic hydroxyl groups is 1. The summed E-state index contributed by atoms with van der Waals surface area (Å²) in [6.07, 6.45) is 1.58. The SMILES string of the molecule is CN(CCO)C(=O)C1(C)CCCN(C(=O)c2ccccc2)C1. The highest BCUT2D eigenvalue weighted by atomic mass is 16.3. The minimum Gasteiger partial charge on any atom is -0.395 e. The summed E-state index contributed by atoms with van der Waals surface area (Å²) in [5, 5.41) is 9.00. The van der Waals surface area contributed by atoms with Crippen LogP contribution in [0.15, 0.2) is 30.3 Å². The zero-order valence-electron chi connectivity index (χ0n) is 13.3. The number of likely N-dealkylation sites (N-methyl/N-ethyl adjacent to an activating group) is 1. The van der Waals surface area contributed by atoms with E-state index >= 15 is 0 Å². The summed E-state index contributed by atoms with van der Waals surface area (Å²) in [5.74, 6) is -0.0313. The number of likely N-dealkylation sites (tertiary alicyclic amines) is 1. The first-order valence-electron chi connectivity index (χ1n) is 7.69. The second-order valence-corrected chi connectivity index (χ2v) is 6.21. The fraction of sp³-hybridized carbons (Fsp3) is 0.529. The molecule has 0 aromatic heterocycles. The maximum atomic E-state index is 12.6. The quantitative estimate of drug-likeness (QED) is 0.914. The number of hydrogen-bond acceptors (Lipinski definition) is 3. The fourth-order valence-electron chi connectivity index (χ4n) is 3.06. The van der Waals surface area contributed by atoms with Crippen molar-refractivity contribution in [2.75, 3.05) is 33.3 Å². The summed E-state index contributed by atoms with van der Waals surface area (Å²) >= 11 is 0. The first kappa shape index (κ1) is 16.5. The summed E-state index contributed by atoms with van der Waals surface area (Å²) < 4.78 is 0. The predicted molar refractivity (Wildman–Crippen MR) is 84.4 cm³/mol. The number of nitrogens with zero attached hydrogens (tertiary/aromatic N) is 2. The third kappa shape index (κ3) is 3.47. The number of carbonyl (C=O) groups excluding carboxylic acids is 2. The standard InChI is InChI=1S/C17H24N2O3/c1-17(16(22)18(2)11-12-20)9-6-10-19(13-17)15(21)14-7-4-3-5-8-14/h3-5,7-8,20H,6,9-13H2,1-2H3. The van der Waals surface area contributed by atoms with Crippen molar-refractivity contribution in [2.45, 2.75) is 19.8 Å². The van der Waals surface area contributed by atoms with Crippen molar-refractivity contribution in [3.63, 3.8) is 0 Å². The van der Waals surface area contributed by atoms with Gasteiger partial charge >= 0.3 is 0 Å². The highest BCUT2D eigenvalue weighted by molar-refractivity contribution is 5.95. The molecule has 1 atom stereocenters. The van der Waals surface area contributed by atoms with Crippen molar-refractivity contribution in [3.8, 4) is 0 Å². The van der Waals surface area contributed by atoms with E-state index in [9.17, 15) is 9.59 Å². The molecule has 0 spiro atoms. The van der Waals surface area contributed by atoms with Gasteiger partial charge in [0.2, 0.25) is 5.91 Å². The van der Waals surface area contributed by atoms with Crippen LogP contribution < -0.4 is 0 Å². The lowest BCUT2D eigenvalue weighted by Gasteiger charge is -2.41. The van der Waals surface area contributed by atoms with Gasteiger partial charge in [0.25, 0.3) is 5.91 Å². The number of hydrogen-bond donors (Lipinski definition) is 1. The monoisotopic (exact) mass is 304 g/mol. The van der Waals surface area contributed by atoms with E-state index in [4.69, 9.17) is 5.11 Å². The van der Waals surface area contributed by atoms with Gasteiger partial charge in [-0.3, -0.25) is 9.59 Å². The van der Waals surface area contributed by atoms with Gasteiger partial charge in [0.15, 0.2) is 0 Å². The highest BCUT2D eigenvalue weighted by Gasteiger charge is 2.40. The molecule has 1 aromatic rings. The third-order valence-corrected chi connectivity index (χ3v) is 4.30. The third-order valence-electron chi connectivity index (χ3n) is 4.30. The summed E-state index contributed by atoms with van der Waals surface area (Å²) in [7, 11) is 1.70. The van der Waals surface area contributed by atoms with Gasteiger partial charge in [0, 0.05) is 32.2 Å². The number of carbonyl (C=O) groups is 2. The molecule has 5 nitrogen and oxygen atoms in total. The molecule has 1 unspecified atom stereocenters.